The van der Waals surface area contributed by atoms with Crippen molar-refractivity contribution in [1.29, 1.82) is 0 Å². The van der Waals surface area contributed by atoms with Gasteiger partial charge >= 0.3 is 11.6 Å². The van der Waals surface area contributed by atoms with Gasteiger partial charge in [0.05, 0.1) is 16.8 Å². The van der Waals surface area contributed by atoms with Crippen molar-refractivity contribution >= 4 is 74.4 Å². The van der Waals surface area contributed by atoms with Crippen LogP contribution in [0.4, 0.5) is 17.1 Å². The summed E-state index contributed by atoms with van der Waals surface area (Å²) in [6, 6.07) is 32.7. The molecule has 5 heterocycles. The number of rotatable bonds is 6. The highest BCUT2D eigenvalue weighted by Crippen LogP contribution is 2.40. The number of hydrazone groups is 1. The second kappa shape index (κ2) is 11.7. The minimum Gasteiger partial charge on any atom is -0.476 e. The van der Waals surface area contributed by atoms with E-state index in [2.05, 4.69) is 28.2 Å². The minimum atomic E-state index is -1.27. The molecule has 0 fully saturated rings. The number of nitrogens with zero attached hydrogens (tertiary/aromatic N) is 3. The van der Waals surface area contributed by atoms with Crippen molar-refractivity contribution in [3.05, 3.63) is 130 Å². The smallest absolute Gasteiger partial charge is 0.357 e. The largest absolute Gasteiger partial charge is 0.476 e. The Bertz CT molecular complexity index is 2320. The summed E-state index contributed by atoms with van der Waals surface area (Å²) in [4.78, 5) is 44.1. The molecule has 2 aliphatic heterocycles. The van der Waals surface area contributed by atoms with Crippen molar-refractivity contribution < 1.29 is 19.1 Å². The number of anilines is 3. The molecular weight excluding hydrogens is 631 g/mol. The average molecular weight is 656 g/mol. The molecule has 47 heavy (non-hydrogen) atoms. The molecule has 0 spiro atoms. The highest BCUT2D eigenvalue weighted by molar-refractivity contribution is 7.24. The Morgan fingerprint density at radius 2 is 1.53 bits per heavy atom. The van der Waals surface area contributed by atoms with Crippen LogP contribution in [0.5, 0.6) is 0 Å². The first-order valence-electron chi connectivity index (χ1n) is 15.0. The lowest BCUT2D eigenvalue weighted by Crippen LogP contribution is -2.24. The van der Waals surface area contributed by atoms with Gasteiger partial charge in [-0.15, -0.1) is 22.7 Å². The number of carbonyl (C=O) groups excluding carboxylic acids is 1. The van der Waals surface area contributed by atoms with Gasteiger partial charge in [-0.25, -0.2) is 9.59 Å². The molecule has 10 heteroatoms. The first-order chi connectivity index (χ1) is 22.9. The van der Waals surface area contributed by atoms with Gasteiger partial charge in [0, 0.05) is 48.9 Å². The topological polar surface area (TPSA) is 103 Å². The van der Waals surface area contributed by atoms with Crippen molar-refractivity contribution in [2.75, 3.05) is 16.5 Å². The maximum atomic E-state index is 13.3. The quantitative estimate of drug-likeness (QED) is 0.143. The van der Waals surface area contributed by atoms with Gasteiger partial charge in [-0.05, 0) is 85.1 Å². The van der Waals surface area contributed by atoms with E-state index < -0.39 is 17.5 Å². The maximum absolute atomic E-state index is 13.3. The fraction of sp³-hybridized carbons (Fsp3) is 0.0811. The van der Waals surface area contributed by atoms with E-state index in [1.54, 1.807) is 30.3 Å². The Morgan fingerprint density at radius 1 is 0.830 bits per heavy atom. The van der Waals surface area contributed by atoms with E-state index in [0.717, 1.165) is 55.8 Å². The summed E-state index contributed by atoms with van der Waals surface area (Å²) in [6.07, 6.45) is 3.56. The normalized spacial score (nSPS) is 15.4. The molecule has 0 bridgehead atoms. The Hall–Kier alpha value is -5.58. The van der Waals surface area contributed by atoms with Gasteiger partial charge in [0.1, 0.15) is 5.58 Å². The van der Waals surface area contributed by atoms with E-state index in [4.69, 9.17) is 4.42 Å². The van der Waals surface area contributed by atoms with E-state index in [0.29, 0.717) is 21.7 Å². The molecule has 1 N–H and O–H groups in total. The Balaban J connectivity index is 1.08. The maximum Gasteiger partial charge on any atom is 0.357 e. The van der Waals surface area contributed by atoms with Gasteiger partial charge in [0.2, 0.25) is 0 Å². The first kappa shape index (κ1) is 28.9. The molecule has 8 rings (SSSR count). The summed E-state index contributed by atoms with van der Waals surface area (Å²) in [7, 11) is 0. The zero-order valence-electron chi connectivity index (χ0n) is 24.8. The summed E-state index contributed by atoms with van der Waals surface area (Å²) < 4.78 is 5.90. The number of para-hydroxylation sites is 2. The molecule has 0 saturated carbocycles. The summed E-state index contributed by atoms with van der Waals surface area (Å²) >= 11 is 2.90. The molecule has 0 unspecified atom stereocenters. The SMILES string of the molecule is O=C(O)C1=NN(c2ccccc2)C(=O)C1=Cc1ccc(-c2ccc(-c3cc4cc5c(cc4oc3=O)N(c3ccccc3)CCC5)s2)s1. The van der Waals surface area contributed by atoms with Crippen LogP contribution in [0.1, 0.15) is 16.9 Å². The van der Waals surface area contributed by atoms with Gasteiger partial charge < -0.3 is 14.4 Å². The second-order valence-corrected chi connectivity index (χ2v) is 13.4. The van der Waals surface area contributed by atoms with Crippen molar-refractivity contribution in [2.24, 2.45) is 5.10 Å². The summed E-state index contributed by atoms with van der Waals surface area (Å²) in [5, 5.41) is 15.8. The molecule has 0 saturated heterocycles. The van der Waals surface area contributed by atoms with Crippen LogP contribution in [0.15, 0.2) is 123 Å². The van der Waals surface area contributed by atoms with Crippen molar-refractivity contribution in [2.45, 2.75) is 12.8 Å². The second-order valence-electron chi connectivity index (χ2n) is 11.2. The molecule has 1 amide bonds. The van der Waals surface area contributed by atoms with Crippen molar-refractivity contribution in [3.8, 4) is 20.2 Å². The predicted octanol–water partition coefficient (Wildman–Crippen LogP) is 8.21. The number of aryl methyl sites for hydroxylation is 1. The molecule has 230 valence electrons. The number of carbonyl (C=O) groups is 2. The lowest BCUT2D eigenvalue weighted by molar-refractivity contribution is -0.129. The molecule has 2 aliphatic rings. The van der Waals surface area contributed by atoms with E-state index in [1.165, 1.54) is 28.2 Å². The Labute approximate surface area is 276 Å². The molecule has 0 aliphatic carbocycles. The van der Waals surface area contributed by atoms with Gasteiger partial charge in [0.25, 0.3) is 5.91 Å². The molecule has 3 aromatic heterocycles. The molecule has 6 aromatic rings. The molecular formula is C37H25N3O5S2. The van der Waals surface area contributed by atoms with Gasteiger partial charge in [0.15, 0.2) is 5.71 Å². The molecule has 0 radical (unpaired) electrons. The van der Waals surface area contributed by atoms with Crippen LogP contribution >= 0.6 is 22.7 Å². The first-order valence-corrected chi connectivity index (χ1v) is 16.6. The van der Waals surface area contributed by atoms with Crippen LogP contribution in [0, 0.1) is 0 Å². The Morgan fingerprint density at radius 3 is 2.30 bits per heavy atom. The van der Waals surface area contributed by atoms with Crippen LogP contribution in [0.3, 0.4) is 0 Å². The number of carboxylic acid groups (broad SMARTS) is 1. The fourth-order valence-corrected chi connectivity index (χ4v) is 8.07. The number of aliphatic carboxylic acids is 1. The molecule has 8 nitrogen and oxygen atoms in total. The summed E-state index contributed by atoms with van der Waals surface area (Å²) in [5.41, 5.74) is 4.29. The minimum absolute atomic E-state index is 0.0180. The highest BCUT2D eigenvalue weighted by Gasteiger charge is 2.35. The standard InChI is InChI=1S/C37H25N3O5S2/c41-35-28(34(36(42)43)38-40(35)25-11-5-2-6-12-25)20-26-13-14-32(46-26)33-16-15-31(47-33)27-19-23-18-22-8-7-17-39(24-9-3-1-4-10-24)29(22)21-30(23)45-37(27)44/h1-6,9-16,18-21H,7-8,17H2,(H,42,43). The number of benzene rings is 3. The third-order valence-electron chi connectivity index (χ3n) is 8.23. The zero-order chi connectivity index (χ0) is 32.1. The molecule has 3 aromatic carbocycles. The van der Waals surface area contributed by atoms with Crippen LogP contribution in [0.2, 0.25) is 0 Å². The van der Waals surface area contributed by atoms with Crippen molar-refractivity contribution in [1.82, 2.24) is 0 Å². The van der Waals surface area contributed by atoms with Gasteiger partial charge in [-0.1, -0.05) is 36.4 Å². The van der Waals surface area contributed by atoms with Gasteiger partial charge in [-0.2, -0.15) is 10.1 Å². The number of carboxylic acids is 1. The van der Waals surface area contributed by atoms with Crippen molar-refractivity contribution in [3.63, 3.8) is 0 Å². The van der Waals surface area contributed by atoms with Crippen LogP contribution in [-0.2, 0) is 16.0 Å². The van der Waals surface area contributed by atoms with E-state index in [9.17, 15) is 19.5 Å². The zero-order valence-corrected chi connectivity index (χ0v) is 26.4. The van der Waals surface area contributed by atoms with Crippen LogP contribution in [0.25, 0.3) is 37.2 Å². The third kappa shape index (κ3) is 5.27. The Kier molecular flexibility index (Phi) is 7.16. The van der Waals surface area contributed by atoms with E-state index in [1.807, 2.05) is 60.7 Å². The number of hydrogen-bond donors (Lipinski definition) is 1. The number of thiophene rings is 2. The predicted molar refractivity (Wildman–Crippen MR) is 188 cm³/mol. The van der Waals surface area contributed by atoms with E-state index >= 15 is 0 Å². The highest BCUT2D eigenvalue weighted by atomic mass is 32.1. The fourth-order valence-electron chi connectivity index (χ4n) is 6.02. The van der Waals surface area contributed by atoms with Gasteiger partial charge in [-0.3, -0.25) is 4.79 Å². The number of fused-ring (bicyclic) bond motifs is 2. The lowest BCUT2D eigenvalue weighted by atomic mass is 9.98. The number of amides is 1. The van der Waals surface area contributed by atoms with Crippen LogP contribution < -0.4 is 15.5 Å². The van der Waals surface area contributed by atoms with E-state index in [-0.39, 0.29) is 11.3 Å². The lowest BCUT2D eigenvalue weighted by Gasteiger charge is -2.31. The third-order valence-corrected chi connectivity index (χ3v) is 10.6. The summed E-state index contributed by atoms with van der Waals surface area (Å²) in [5.74, 6) is -1.77. The monoisotopic (exact) mass is 655 g/mol. The van der Waals surface area contributed by atoms with Crippen LogP contribution in [-0.4, -0.2) is 29.2 Å². The molecule has 0 atom stereocenters. The summed E-state index contributed by atoms with van der Waals surface area (Å²) in [6.45, 7) is 0.904. The number of hydrogen-bond acceptors (Lipinski definition) is 8. The average Bonchev–Trinajstić information content (AvgIpc) is 3.84.